The Bertz CT molecular complexity index is 495. The molecule has 0 radical (unpaired) electrons. The first-order chi connectivity index (χ1) is 10.1. The molecule has 2 unspecified atom stereocenters. The highest BCUT2D eigenvalue weighted by Crippen LogP contribution is 2.30. The van der Waals surface area contributed by atoms with Crippen LogP contribution in [0.15, 0.2) is 17.2 Å². The van der Waals surface area contributed by atoms with Gasteiger partial charge in [0.25, 0.3) is 5.56 Å². The lowest BCUT2D eigenvalue weighted by atomic mass is 9.81. The summed E-state index contributed by atoms with van der Waals surface area (Å²) in [6, 6.07) is 0. The van der Waals surface area contributed by atoms with Gasteiger partial charge in [-0.25, -0.2) is 4.98 Å². The average molecular weight is 291 g/mol. The maximum Gasteiger partial charge on any atom is 0.293 e. The number of hydrogen-bond acceptors (Lipinski definition) is 3. The van der Waals surface area contributed by atoms with Gasteiger partial charge >= 0.3 is 0 Å². The van der Waals surface area contributed by atoms with Crippen LogP contribution in [-0.4, -0.2) is 16.1 Å². The van der Waals surface area contributed by atoms with Gasteiger partial charge in [0.15, 0.2) is 5.82 Å². The van der Waals surface area contributed by atoms with Crippen molar-refractivity contribution in [3.8, 4) is 0 Å². The van der Waals surface area contributed by atoms with Crippen molar-refractivity contribution in [1.29, 1.82) is 0 Å². The maximum absolute atomic E-state index is 12.3. The number of anilines is 1. The lowest BCUT2D eigenvalue weighted by molar-refractivity contribution is 0.274. The maximum atomic E-state index is 12.3. The normalized spacial score (nSPS) is 22.5. The number of nitrogens with zero attached hydrogens (tertiary/aromatic N) is 2. The summed E-state index contributed by atoms with van der Waals surface area (Å²) in [6.45, 7) is 8.18. The summed E-state index contributed by atoms with van der Waals surface area (Å²) in [5.41, 5.74) is 0.00297. The van der Waals surface area contributed by atoms with E-state index >= 15 is 0 Å². The zero-order valence-corrected chi connectivity index (χ0v) is 13.6. The fraction of sp³-hybridized carbons (Fsp3) is 0.765. The lowest BCUT2D eigenvalue weighted by Gasteiger charge is -2.26. The molecule has 1 aromatic heterocycles. The minimum atomic E-state index is 0.00297. The minimum Gasteiger partial charge on any atom is -0.365 e. The fourth-order valence-electron chi connectivity index (χ4n) is 3.32. The van der Waals surface area contributed by atoms with E-state index in [-0.39, 0.29) is 5.56 Å². The van der Waals surface area contributed by atoms with E-state index in [9.17, 15) is 4.79 Å². The summed E-state index contributed by atoms with van der Waals surface area (Å²) in [6.07, 6.45) is 10.0. The van der Waals surface area contributed by atoms with Crippen molar-refractivity contribution in [1.82, 2.24) is 9.55 Å². The van der Waals surface area contributed by atoms with Crippen molar-refractivity contribution >= 4 is 5.82 Å². The zero-order valence-electron chi connectivity index (χ0n) is 13.6. The van der Waals surface area contributed by atoms with E-state index in [0.29, 0.717) is 11.7 Å². The smallest absolute Gasteiger partial charge is 0.293 e. The Morgan fingerprint density at radius 2 is 2.24 bits per heavy atom. The van der Waals surface area contributed by atoms with Crippen molar-refractivity contribution < 1.29 is 0 Å². The molecule has 1 heterocycles. The van der Waals surface area contributed by atoms with E-state index in [1.807, 2.05) is 0 Å². The van der Waals surface area contributed by atoms with Gasteiger partial charge in [-0.3, -0.25) is 4.79 Å². The predicted octanol–water partition coefficient (Wildman–Crippen LogP) is 3.53. The van der Waals surface area contributed by atoms with Gasteiger partial charge in [-0.15, -0.1) is 0 Å². The number of nitrogens with one attached hydrogen (secondary N) is 1. The Morgan fingerprint density at radius 1 is 1.43 bits per heavy atom. The van der Waals surface area contributed by atoms with Crippen molar-refractivity contribution in [2.24, 2.45) is 17.8 Å². The molecule has 1 N–H and O–H groups in total. The molecule has 2 atom stereocenters. The van der Waals surface area contributed by atoms with Crippen LogP contribution in [0.1, 0.15) is 52.9 Å². The molecule has 4 heteroatoms. The van der Waals surface area contributed by atoms with Gasteiger partial charge in [-0.2, -0.15) is 0 Å². The highest BCUT2D eigenvalue weighted by molar-refractivity contribution is 5.30. The van der Waals surface area contributed by atoms with E-state index in [4.69, 9.17) is 0 Å². The highest BCUT2D eigenvalue weighted by Gasteiger charge is 2.18. The summed E-state index contributed by atoms with van der Waals surface area (Å²) in [4.78, 5) is 16.5. The van der Waals surface area contributed by atoms with Crippen LogP contribution in [0.3, 0.4) is 0 Å². The zero-order chi connectivity index (χ0) is 15.2. The molecule has 0 amide bonds. The van der Waals surface area contributed by atoms with Crippen LogP contribution in [0.4, 0.5) is 5.82 Å². The predicted molar refractivity (Wildman–Crippen MR) is 87.6 cm³/mol. The van der Waals surface area contributed by atoms with Gasteiger partial charge in [0.2, 0.25) is 0 Å². The van der Waals surface area contributed by atoms with Crippen LogP contribution >= 0.6 is 0 Å². The van der Waals surface area contributed by atoms with E-state index in [1.165, 1.54) is 25.7 Å². The van der Waals surface area contributed by atoms with Crippen LogP contribution in [0.25, 0.3) is 0 Å². The van der Waals surface area contributed by atoms with Crippen LogP contribution < -0.4 is 10.9 Å². The number of rotatable bonds is 6. The standard InChI is InChI=1S/C17H29N3O/c1-13(2)12-20-10-9-19-16(17(20)21)18-8-7-15-6-4-5-14(3)11-15/h9-10,13-15H,4-8,11-12H2,1-3H3,(H,18,19). The second-order valence-corrected chi connectivity index (χ2v) is 6.98. The lowest BCUT2D eigenvalue weighted by Crippen LogP contribution is -2.27. The molecule has 4 nitrogen and oxygen atoms in total. The highest BCUT2D eigenvalue weighted by atomic mass is 16.1. The Balaban J connectivity index is 1.87. The van der Waals surface area contributed by atoms with E-state index in [2.05, 4.69) is 31.1 Å². The molecule has 118 valence electrons. The third kappa shape index (κ3) is 4.87. The molecular formula is C17H29N3O. The third-order valence-electron chi connectivity index (χ3n) is 4.37. The quantitative estimate of drug-likeness (QED) is 0.872. The van der Waals surface area contributed by atoms with Gasteiger partial charge < -0.3 is 9.88 Å². The molecule has 1 aromatic rings. The molecule has 0 saturated heterocycles. The number of hydrogen-bond donors (Lipinski definition) is 1. The average Bonchev–Trinajstić information content (AvgIpc) is 2.42. The topological polar surface area (TPSA) is 46.9 Å². The Morgan fingerprint density at radius 3 is 2.95 bits per heavy atom. The van der Waals surface area contributed by atoms with Gasteiger partial charge in [-0.1, -0.05) is 40.0 Å². The van der Waals surface area contributed by atoms with Gasteiger partial charge in [-0.05, 0) is 30.6 Å². The molecule has 2 rings (SSSR count). The molecule has 21 heavy (non-hydrogen) atoms. The molecule has 1 fully saturated rings. The Labute approximate surface area is 128 Å². The van der Waals surface area contributed by atoms with E-state index in [0.717, 1.165) is 31.3 Å². The summed E-state index contributed by atoms with van der Waals surface area (Å²) < 4.78 is 1.75. The Kier molecular flexibility index (Phi) is 5.83. The molecule has 0 bridgehead atoms. The second-order valence-electron chi connectivity index (χ2n) is 6.98. The molecule has 0 aliphatic heterocycles. The first-order valence-corrected chi connectivity index (χ1v) is 8.35. The van der Waals surface area contributed by atoms with Crippen LogP contribution in [0.5, 0.6) is 0 Å². The number of aromatic nitrogens is 2. The largest absolute Gasteiger partial charge is 0.365 e. The third-order valence-corrected chi connectivity index (χ3v) is 4.37. The van der Waals surface area contributed by atoms with Crippen LogP contribution in [-0.2, 0) is 6.54 Å². The monoisotopic (exact) mass is 291 g/mol. The van der Waals surface area contributed by atoms with Crippen molar-refractivity contribution in [3.05, 3.63) is 22.7 Å². The van der Waals surface area contributed by atoms with Gasteiger partial charge in [0, 0.05) is 25.5 Å². The first kappa shape index (κ1) is 16.1. The molecule has 0 aromatic carbocycles. The van der Waals surface area contributed by atoms with Gasteiger partial charge in [0.05, 0.1) is 0 Å². The minimum absolute atomic E-state index is 0.00297. The second kappa shape index (κ2) is 7.62. The molecule has 1 saturated carbocycles. The molecular weight excluding hydrogens is 262 g/mol. The van der Waals surface area contributed by atoms with Crippen molar-refractivity contribution in [3.63, 3.8) is 0 Å². The molecule has 1 aliphatic carbocycles. The first-order valence-electron chi connectivity index (χ1n) is 8.35. The van der Waals surface area contributed by atoms with Crippen molar-refractivity contribution in [2.45, 2.75) is 59.4 Å². The molecule has 0 spiro atoms. The SMILES string of the molecule is CC(C)Cn1ccnc(NCCC2CCCC(C)C2)c1=O. The summed E-state index contributed by atoms with van der Waals surface area (Å²) >= 11 is 0. The summed E-state index contributed by atoms with van der Waals surface area (Å²) in [5, 5.41) is 3.24. The van der Waals surface area contributed by atoms with E-state index in [1.54, 1.807) is 17.0 Å². The van der Waals surface area contributed by atoms with Gasteiger partial charge in [0.1, 0.15) is 0 Å². The summed E-state index contributed by atoms with van der Waals surface area (Å²) in [5.74, 6) is 2.63. The summed E-state index contributed by atoms with van der Waals surface area (Å²) in [7, 11) is 0. The van der Waals surface area contributed by atoms with Crippen molar-refractivity contribution in [2.75, 3.05) is 11.9 Å². The van der Waals surface area contributed by atoms with Crippen LogP contribution in [0, 0.1) is 17.8 Å². The van der Waals surface area contributed by atoms with E-state index < -0.39 is 0 Å². The molecule has 1 aliphatic rings. The van der Waals surface area contributed by atoms with Crippen LogP contribution in [0.2, 0.25) is 0 Å². The Hall–Kier alpha value is -1.32. The fourth-order valence-corrected chi connectivity index (χ4v) is 3.32.